The first-order valence-electron chi connectivity index (χ1n) is 8.99. The van der Waals surface area contributed by atoms with Gasteiger partial charge in [0.05, 0.1) is 11.4 Å². The van der Waals surface area contributed by atoms with Gasteiger partial charge in [-0.2, -0.15) is 0 Å². The number of benzene rings is 2. The minimum absolute atomic E-state index is 0.0879. The van der Waals surface area contributed by atoms with Gasteiger partial charge in [-0.15, -0.1) is 0 Å². The number of aromatic nitrogens is 1. The lowest BCUT2D eigenvalue weighted by Gasteiger charge is -2.14. The molecule has 29 heavy (non-hydrogen) atoms. The lowest BCUT2D eigenvalue weighted by molar-refractivity contribution is -0.119. The van der Waals surface area contributed by atoms with E-state index in [1.165, 1.54) is 0 Å². The number of hydrogen-bond acceptors (Lipinski definition) is 3. The van der Waals surface area contributed by atoms with Gasteiger partial charge in [0.2, 0.25) is 5.91 Å². The maximum Gasteiger partial charge on any atom is 0.262 e. The molecule has 1 amide bonds. The highest BCUT2D eigenvalue weighted by atomic mass is 19.2. The summed E-state index contributed by atoms with van der Waals surface area (Å²) in [6.45, 7) is 3.40. The van der Waals surface area contributed by atoms with Gasteiger partial charge >= 0.3 is 0 Å². The topological polar surface area (TPSA) is 85.3 Å². The van der Waals surface area contributed by atoms with E-state index in [2.05, 4.69) is 0 Å². The molecule has 0 aliphatic rings. The molecule has 1 heterocycles. The van der Waals surface area contributed by atoms with Gasteiger partial charge in [-0.1, -0.05) is 13.3 Å². The van der Waals surface area contributed by atoms with E-state index in [1.54, 1.807) is 6.92 Å². The molecule has 152 valence electrons. The average Bonchev–Trinajstić information content (AvgIpc) is 2.92. The smallest absolute Gasteiger partial charge is 0.262 e. The van der Waals surface area contributed by atoms with Crippen molar-refractivity contribution < 1.29 is 27.9 Å². The van der Waals surface area contributed by atoms with Crippen molar-refractivity contribution in [3.63, 3.8) is 0 Å². The van der Waals surface area contributed by atoms with Crippen LogP contribution < -0.4 is 5.73 Å². The average molecular weight is 404 g/mol. The van der Waals surface area contributed by atoms with Gasteiger partial charge < -0.3 is 10.8 Å². The number of primary amides is 1. The summed E-state index contributed by atoms with van der Waals surface area (Å²) in [6.07, 6.45) is 0.997. The van der Waals surface area contributed by atoms with Crippen LogP contribution in [0, 0.1) is 24.4 Å². The number of nitrogens with zero attached hydrogens (tertiary/aromatic N) is 1. The summed E-state index contributed by atoms with van der Waals surface area (Å²) < 4.78 is 42.1. The third kappa shape index (κ3) is 3.46. The van der Waals surface area contributed by atoms with E-state index in [-0.39, 0.29) is 16.5 Å². The summed E-state index contributed by atoms with van der Waals surface area (Å²) in [5.74, 6) is -6.05. The van der Waals surface area contributed by atoms with Crippen LogP contribution in [0.1, 0.15) is 47.3 Å². The van der Waals surface area contributed by atoms with Crippen molar-refractivity contribution >= 4 is 22.7 Å². The van der Waals surface area contributed by atoms with Gasteiger partial charge in [0.1, 0.15) is 0 Å². The van der Waals surface area contributed by atoms with Crippen LogP contribution in [0.5, 0.6) is 5.75 Å². The maximum absolute atomic E-state index is 14.1. The van der Waals surface area contributed by atoms with E-state index >= 15 is 0 Å². The van der Waals surface area contributed by atoms with Crippen LogP contribution in [0.4, 0.5) is 13.2 Å². The fourth-order valence-electron chi connectivity index (χ4n) is 3.63. The Kier molecular flexibility index (Phi) is 5.37. The molecule has 2 aromatic carbocycles. The van der Waals surface area contributed by atoms with Crippen LogP contribution in [0.15, 0.2) is 30.3 Å². The molecule has 0 spiro atoms. The molecule has 0 bridgehead atoms. The molecule has 0 saturated heterocycles. The summed E-state index contributed by atoms with van der Waals surface area (Å²) in [7, 11) is 0. The monoisotopic (exact) mass is 404 g/mol. The molecule has 1 atom stereocenters. The van der Waals surface area contributed by atoms with E-state index < -0.39 is 40.9 Å². The summed E-state index contributed by atoms with van der Waals surface area (Å²) in [5, 5.41) is 10.1. The van der Waals surface area contributed by atoms with Crippen molar-refractivity contribution in [2.75, 3.05) is 0 Å². The molecule has 8 heteroatoms. The Morgan fingerprint density at radius 3 is 2.38 bits per heavy atom. The third-order valence-electron chi connectivity index (χ3n) is 4.96. The number of hydrogen-bond donors (Lipinski definition) is 2. The van der Waals surface area contributed by atoms with Crippen molar-refractivity contribution in [1.29, 1.82) is 0 Å². The molecule has 0 aliphatic carbocycles. The van der Waals surface area contributed by atoms with Crippen molar-refractivity contribution in [3.05, 3.63) is 64.6 Å². The number of nitrogens with two attached hydrogens (primary N) is 1. The molecule has 3 rings (SSSR count). The molecular formula is C21H19F3N2O3. The van der Waals surface area contributed by atoms with Gasteiger partial charge in [-0.25, -0.2) is 13.2 Å². The predicted molar refractivity (Wildman–Crippen MR) is 101 cm³/mol. The largest absolute Gasteiger partial charge is 0.505 e. The third-order valence-corrected chi connectivity index (χ3v) is 4.96. The first-order valence-corrected chi connectivity index (χ1v) is 8.99. The molecule has 0 saturated carbocycles. The molecular weight excluding hydrogens is 385 g/mol. The van der Waals surface area contributed by atoms with Crippen molar-refractivity contribution in [3.8, 4) is 5.75 Å². The number of carbonyl (C=O) groups is 2. The minimum Gasteiger partial charge on any atom is -0.505 e. The molecule has 5 nitrogen and oxygen atoms in total. The Morgan fingerprint density at radius 2 is 1.79 bits per heavy atom. The number of phenols is 1. The van der Waals surface area contributed by atoms with Crippen molar-refractivity contribution in [2.24, 2.45) is 5.73 Å². The molecule has 0 radical (unpaired) electrons. The second-order valence-corrected chi connectivity index (χ2v) is 6.83. The molecule has 3 aromatic rings. The van der Waals surface area contributed by atoms with E-state index in [1.807, 2.05) is 6.92 Å². The number of carbonyl (C=O) groups excluding carboxylic acids is 2. The highest BCUT2D eigenvalue weighted by molar-refractivity contribution is 6.05. The van der Waals surface area contributed by atoms with Gasteiger partial charge in [0.15, 0.2) is 23.2 Å². The normalized spacial score (nSPS) is 12.3. The molecule has 1 aromatic heterocycles. The molecule has 1 unspecified atom stereocenters. The van der Waals surface area contributed by atoms with Crippen LogP contribution in [-0.2, 0) is 4.79 Å². The van der Waals surface area contributed by atoms with Crippen LogP contribution >= 0.6 is 0 Å². The Morgan fingerprint density at radius 1 is 1.10 bits per heavy atom. The van der Waals surface area contributed by atoms with E-state index in [4.69, 9.17) is 5.73 Å². The summed E-state index contributed by atoms with van der Waals surface area (Å²) >= 11 is 0. The van der Waals surface area contributed by atoms with Gasteiger partial charge in [-0.3, -0.25) is 14.2 Å². The lowest BCUT2D eigenvalue weighted by Crippen LogP contribution is -2.22. The summed E-state index contributed by atoms with van der Waals surface area (Å²) in [5.41, 5.74) is 6.18. The van der Waals surface area contributed by atoms with Crippen molar-refractivity contribution in [1.82, 2.24) is 4.57 Å². The fourth-order valence-corrected chi connectivity index (χ4v) is 3.63. The first kappa shape index (κ1) is 20.4. The van der Waals surface area contributed by atoms with Crippen LogP contribution in [0.25, 0.3) is 10.9 Å². The van der Waals surface area contributed by atoms with Crippen LogP contribution in [-0.4, -0.2) is 21.5 Å². The quantitative estimate of drug-likeness (QED) is 0.671. The lowest BCUT2D eigenvalue weighted by atomic mass is 9.91. The first-order chi connectivity index (χ1) is 13.7. The zero-order valence-corrected chi connectivity index (χ0v) is 15.8. The Balaban J connectivity index is 2.33. The maximum atomic E-state index is 14.1. The van der Waals surface area contributed by atoms with E-state index in [0.717, 1.165) is 34.9 Å². The highest BCUT2D eigenvalue weighted by Gasteiger charge is 2.29. The second-order valence-electron chi connectivity index (χ2n) is 6.83. The molecule has 0 fully saturated rings. The number of fused-ring (bicyclic) bond motifs is 1. The van der Waals surface area contributed by atoms with E-state index in [0.29, 0.717) is 24.1 Å². The second kappa shape index (κ2) is 7.62. The Hall–Kier alpha value is -3.29. The number of halogens is 3. The summed E-state index contributed by atoms with van der Waals surface area (Å²) in [4.78, 5) is 25.1. The number of amides is 1. The van der Waals surface area contributed by atoms with Crippen LogP contribution in [0.2, 0.25) is 0 Å². The molecule has 3 N–H and O–H groups in total. The number of rotatable bonds is 5. The molecule has 0 aliphatic heterocycles. The summed E-state index contributed by atoms with van der Waals surface area (Å²) in [6, 6.07) is 4.77. The standard InChI is InChI=1S/C21H19F3N2O3/c1-3-4-12(20(25)28)19-10(2)26(17-9-16(24)18(27)8-13(17)19)21(29)11-5-6-14(22)15(23)7-11/h5-9,12,27H,3-4H2,1-2H3,(H2,25,28). The SMILES string of the molecule is CCCC(C(N)=O)c1c(C)n(C(=O)c2ccc(F)c(F)c2)c2cc(F)c(O)cc12. The van der Waals surface area contributed by atoms with Crippen LogP contribution in [0.3, 0.4) is 0 Å². The van der Waals surface area contributed by atoms with Gasteiger partial charge in [0.25, 0.3) is 5.91 Å². The predicted octanol–water partition coefficient (Wildman–Crippen LogP) is 4.13. The Labute approximate surface area is 164 Å². The zero-order valence-electron chi connectivity index (χ0n) is 15.8. The van der Waals surface area contributed by atoms with Gasteiger partial charge in [0, 0.05) is 22.7 Å². The van der Waals surface area contributed by atoms with Gasteiger partial charge in [-0.05, 0) is 43.2 Å². The number of aromatic hydroxyl groups is 1. The highest BCUT2D eigenvalue weighted by Crippen LogP contribution is 2.37. The van der Waals surface area contributed by atoms with E-state index in [9.17, 15) is 27.9 Å². The minimum atomic E-state index is -1.20. The fraction of sp³-hybridized carbons (Fsp3) is 0.238. The number of phenolic OH excluding ortho intramolecular Hbond substituents is 1. The Bertz CT molecular complexity index is 1140. The zero-order chi connectivity index (χ0) is 21.5. The van der Waals surface area contributed by atoms with Crippen molar-refractivity contribution in [2.45, 2.75) is 32.6 Å².